The Bertz CT molecular complexity index is 951. The SMILES string of the molecule is C=C1C(=O)[C@]23C[C@@H]1C[C@H](O)[C@H]2[C@]1(C)CCC[C@@](C)(C(=O)O[C@@H]2O[C@H](CO)[C@@H](O)[C@H](O)[C@H]2O)[C@H]1[C@H](O)C3. The minimum absolute atomic E-state index is 0.0797. The molecular weight excluding hydrogens is 472 g/mol. The van der Waals surface area contributed by atoms with Crippen LogP contribution in [0.25, 0.3) is 0 Å². The Hall–Kier alpha value is -1.40. The van der Waals surface area contributed by atoms with E-state index in [1.807, 2.05) is 6.92 Å². The molecule has 0 amide bonds. The molecule has 10 heteroatoms. The molecule has 10 nitrogen and oxygen atoms in total. The third kappa shape index (κ3) is 3.35. The Labute approximate surface area is 209 Å². The fourth-order valence-electron chi connectivity index (χ4n) is 9.04. The van der Waals surface area contributed by atoms with Gasteiger partial charge in [-0.1, -0.05) is 19.9 Å². The van der Waals surface area contributed by atoms with Gasteiger partial charge >= 0.3 is 5.97 Å². The van der Waals surface area contributed by atoms with Crippen molar-refractivity contribution in [1.82, 2.24) is 0 Å². The Morgan fingerprint density at radius 3 is 2.39 bits per heavy atom. The summed E-state index contributed by atoms with van der Waals surface area (Å²) in [7, 11) is 0. The van der Waals surface area contributed by atoms with Crippen molar-refractivity contribution in [3.63, 3.8) is 0 Å². The molecule has 202 valence electrons. The number of ketones is 1. The highest BCUT2D eigenvalue weighted by Crippen LogP contribution is 2.71. The zero-order chi connectivity index (χ0) is 26.4. The Kier molecular flexibility index (Phi) is 6.23. The summed E-state index contributed by atoms with van der Waals surface area (Å²) in [6, 6.07) is 0. The summed E-state index contributed by atoms with van der Waals surface area (Å²) < 4.78 is 10.9. The van der Waals surface area contributed by atoms with E-state index in [1.54, 1.807) is 6.92 Å². The Morgan fingerprint density at radius 1 is 1.03 bits per heavy atom. The van der Waals surface area contributed by atoms with Gasteiger partial charge in [-0.05, 0) is 55.9 Å². The van der Waals surface area contributed by atoms with E-state index in [2.05, 4.69) is 6.58 Å². The molecule has 36 heavy (non-hydrogen) atoms. The zero-order valence-corrected chi connectivity index (χ0v) is 20.7. The van der Waals surface area contributed by atoms with Gasteiger partial charge in [0, 0.05) is 17.3 Å². The first-order chi connectivity index (χ1) is 16.8. The summed E-state index contributed by atoms with van der Waals surface area (Å²) in [6.45, 7) is 6.98. The van der Waals surface area contributed by atoms with Crippen molar-refractivity contribution in [2.45, 2.75) is 95.3 Å². The lowest BCUT2D eigenvalue weighted by Crippen LogP contribution is -2.67. The topological polar surface area (TPSA) is 174 Å². The number of aliphatic hydroxyl groups excluding tert-OH is 6. The standard InChI is InChI=1S/C26H38O10/c1-11-12-7-13(28)20-24(2)5-4-6-25(3,19(24)14(29)9-26(20,8-12)21(11)33)23(34)36-22-18(32)17(31)16(30)15(10-27)35-22/h12-20,22,27-32H,1,4-10H2,2-3H3/t12-,13-,14+,15+,16+,17-,18+,19-,20-,22-,24+,25+,26-/m0/s1. The third-order valence-electron chi connectivity index (χ3n) is 10.4. The Morgan fingerprint density at radius 2 is 1.72 bits per heavy atom. The van der Waals surface area contributed by atoms with Crippen molar-refractivity contribution < 1.29 is 49.7 Å². The molecule has 5 rings (SSSR count). The van der Waals surface area contributed by atoms with Gasteiger partial charge in [-0.2, -0.15) is 0 Å². The summed E-state index contributed by atoms with van der Waals surface area (Å²) >= 11 is 0. The average molecular weight is 511 g/mol. The van der Waals surface area contributed by atoms with Crippen LogP contribution in [0.15, 0.2) is 12.2 Å². The Balaban J connectivity index is 1.47. The predicted octanol–water partition coefficient (Wildman–Crippen LogP) is -0.581. The first-order valence-electron chi connectivity index (χ1n) is 12.9. The van der Waals surface area contributed by atoms with E-state index < -0.39 is 83.6 Å². The highest BCUT2D eigenvalue weighted by molar-refractivity contribution is 6.03. The zero-order valence-electron chi connectivity index (χ0n) is 20.7. The quantitative estimate of drug-likeness (QED) is 0.213. The number of esters is 1. The maximum Gasteiger partial charge on any atom is 0.314 e. The third-order valence-corrected chi connectivity index (χ3v) is 10.4. The smallest absolute Gasteiger partial charge is 0.314 e. The highest BCUT2D eigenvalue weighted by atomic mass is 16.7. The maximum absolute atomic E-state index is 13.7. The van der Waals surface area contributed by atoms with Crippen molar-refractivity contribution in [2.24, 2.45) is 34.0 Å². The summed E-state index contributed by atoms with van der Waals surface area (Å²) in [6.07, 6.45) is -6.93. The van der Waals surface area contributed by atoms with Crippen molar-refractivity contribution in [2.75, 3.05) is 6.61 Å². The molecule has 13 atom stereocenters. The second-order valence-corrected chi connectivity index (χ2v) is 12.3. The summed E-state index contributed by atoms with van der Waals surface area (Å²) in [5.41, 5.74) is -2.36. The fourth-order valence-corrected chi connectivity index (χ4v) is 9.04. The molecule has 1 aliphatic heterocycles. The molecule has 4 aliphatic carbocycles. The van der Waals surface area contributed by atoms with Gasteiger partial charge in [-0.3, -0.25) is 9.59 Å². The van der Waals surface area contributed by atoms with Crippen LogP contribution in [0.1, 0.15) is 52.4 Å². The van der Waals surface area contributed by atoms with E-state index in [-0.39, 0.29) is 18.1 Å². The van der Waals surface area contributed by atoms with Crippen LogP contribution in [-0.4, -0.2) is 91.9 Å². The predicted molar refractivity (Wildman–Crippen MR) is 123 cm³/mol. The molecule has 5 aliphatic rings. The van der Waals surface area contributed by atoms with Gasteiger partial charge in [0.2, 0.25) is 6.29 Å². The number of carbonyl (C=O) groups excluding carboxylic acids is 2. The van der Waals surface area contributed by atoms with Gasteiger partial charge in [0.05, 0.1) is 24.2 Å². The lowest BCUT2D eigenvalue weighted by atomic mass is 9.39. The first kappa shape index (κ1) is 26.2. The molecular formula is C26H38O10. The maximum atomic E-state index is 13.7. The number of Topliss-reactive ketones (excluding diaryl/α,β-unsaturated/α-hetero) is 1. The van der Waals surface area contributed by atoms with Gasteiger partial charge < -0.3 is 40.1 Å². The first-order valence-corrected chi connectivity index (χ1v) is 12.9. The normalized spacial score (nSPS) is 54.6. The summed E-state index contributed by atoms with van der Waals surface area (Å²) in [5, 5.41) is 62.8. The molecule has 1 heterocycles. The highest BCUT2D eigenvalue weighted by Gasteiger charge is 2.72. The molecule has 0 aromatic carbocycles. The van der Waals surface area contributed by atoms with Gasteiger partial charge in [-0.25, -0.2) is 0 Å². The van der Waals surface area contributed by atoms with E-state index >= 15 is 0 Å². The molecule has 0 aromatic rings. The van der Waals surface area contributed by atoms with Gasteiger partial charge in [0.15, 0.2) is 5.78 Å². The minimum atomic E-state index is -1.73. The number of hydrogen-bond acceptors (Lipinski definition) is 10. The van der Waals surface area contributed by atoms with Crippen molar-refractivity contribution in [3.8, 4) is 0 Å². The summed E-state index contributed by atoms with van der Waals surface area (Å²) in [5.74, 6) is -2.00. The van der Waals surface area contributed by atoms with Gasteiger partial charge in [0.25, 0.3) is 0 Å². The molecule has 1 saturated heterocycles. The second kappa shape index (κ2) is 8.56. The number of aliphatic hydroxyl groups is 6. The lowest BCUT2D eigenvalue weighted by molar-refractivity contribution is -0.300. The molecule has 0 radical (unpaired) electrons. The molecule has 4 saturated carbocycles. The minimum Gasteiger partial charge on any atom is -0.432 e. The van der Waals surface area contributed by atoms with Gasteiger partial charge in [-0.15, -0.1) is 0 Å². The number of allylic oxidation sites excluding steroid dienone is 1. The van der Waals surface area contributed by atoms with Crippen LogP contribution in [0.5, 0.6) is 0 Å². The molecule has 6 N–H and O–H groups in total. The average Bonchev–Trinajstić information content (AvgIpc) is 2.99. The largest absolute Gasteiger partial charge is 0.432 e. The second-order valence-electron chi connectivity index (χ2n) is 12.3. The van der Waals surface area contributed by atoms with E-state index in [0.29, 0.717) is 37.7 Å². The fraction of sp³-hybridized carbons (Fsp3) is 0.846. The monoisotopic (exact) mass is 510 g/mol. The van der Waals surface area contributed by atoms with Crippen LogP contribution < -0.4 is 0 Å². The van der Waals surface area contributed by atoms with Crippen LogP contribution >= 0.6 is 0 Å². The van der Waals surface area contributed by atoms with Crippen LogP contribution in [0.3, 0.4) is 0 Å². The number of fused-ring (bicyclic) bond motifs is 3. The van der Waals surface area contributed by atoms with Crippen molar-refractivity contribution in [3.05, 3.63) is 12.2 Å². The molecule has 5 fully saturated rings. The number of rotatable bonds is 3. The van der Waals surface area contributed by atoms with Crippen molar-refractivity contribution >= 4 is 11.8 Å². The van der Waals surface area contributed by atoms with Crippen LogP contribution in [0.2, 0.25) is 0 Å². The molecule has 1 spiro atoms. The van der Waals surface area contributed by atoms with E-state index in [1.165, 1.54) is 0 Å². The van der Waals surface area contributed by atoms with Gasteiger partial charge in [0.1, 0.15) is 24.4 Å². The van der Waals surface area contributed by atoms with E-state index in [4.69, 9.17) is 9.47 Å². The van der Waals surface area contributed by atoms with Crippen molar-refractivity contribution in [1.29, 1.82) is 0 Å². The van der Waals surface area contributed by atoms with Crippen LogP contribution in [0, 0.1) is 34.0 Å². The molecule has 2 bridgehead atoms. The van der Waals surface area contributed by atoms with Crippen LogP contribution in [0.4, 0.5) is 0 Å². The van der Waals surface area contributed by atoms with E-state index in [0.717, 1.165) is 0 Å². The van der Waals surface area contributed by atoms with Crippen LogP contribution in [-0.2, 0) is 19.1 Å². The number of ether oxygens (including phenoxy) is 2. The number of hydrogen-bond donors (Lipinski definition) is 6. The lowest BCUT2D eigenvalue weighted by Gasteiger charge is -2.65. The summed E-state index contributed by atoms with van der Waals surface area (Å²) in [4.78, 5) is 27.1. The number of carbonyl (C=O) groups is 2. The molecule has 0 aromatic heterocycles. The van der Waals surface area contributed by atoms with E-state index in [9.17, 15) is 40.2 Å². The molecule has 0 unspecified atom stereocenters.